The molecule has 0 bridgehead atoms. The van der Waals surface area contributed by atoms with Gasteiger partial charge in [-0.15, -0.1) is 0 Å². The Kier molecular flexibility index (Phi) is 5.89. The van der Waals surface area contributed by atoms with Crippen molar-refractivity contribution in [1.82, 2.24) is 24.5 Å². The van der Waals surface area contributed by atoms with Crippen LogP contribution in [-0.4, -0.2) is 24.5 Å². The lowest BCUT2D eigenvalue weighted by atomic mass is 9.93. The lowest BCUT2D eigenvalue weighted by Crippen LogP contribution is -2.04. The number of aromatic nitrogens is 5. The average molecular weight is 650 g/mol. The van der Waals surface area contributed by atoms with Crippen LogP contribution in [0.3, 0.4) is 0 Å². The maximum absolute atomic E-state index is 5.20. The van der Waals surface area contributed by atoms with Crippen molar-refractivity contribution in [2.75, 3.05) is 0 Å². The van der Waals surface area contributed by atoms with Crippen LogP contribution < -0.4 is 0 Å². The van der Waals surface area contributed by atoms with Gasteiger partial charge in [0.2, 0.25) is 0 Å². The van der Waals surface area contributed by atoms with Crippen LogP contribution in [0.1, 0.15) is 0 Å². The summed E-state index contributed by atoms with van der Waals surface area (Å²) in [5.41, 5.74) is 11.0. The van der Waals surface area contributed by atoms with Gasteiger partial charge in [-0.2, -0.15) is 0 Å². The number of hydrogen-bond donors (Lipinski definition) is 0. The minimum absolute atomic E-state index is 0.605. The van der Waals surface area contributed by atoms with E-state index in [4.69, 9.17) is 15.0 Å². The van der Waals surface area contributed by atoms with Gasteiger partial charge in [0, 0.05) is 45.2 Å². The zero-order valence-corrected chi connectivity index (χ0v) is 27.3. The molecule has 10 aromatic rings. The van der Waals surface area contributed by atoms with Crippen molar-refractivity contribution in [1.29, 1.82) is 0 Å². The Bertz CT molecular complexity index is 2960. The zero-order chi connectivity index (χ0) is 33.5. The Labute approximate surface area is 293 Å². The van der Waals surface area contributed by atoms with Crippen LogP contribution in [-0.2, 0) is 0 Å². The fourth-order valence-corrected chi connectivity index (χ4v) is 8.07. The molecule has 5 heteroatoms. The minimum Gasteiger partial charge on any atom is -0.308 e. The Balaban J connectivity index is 1.30. The molecule has 11 rings (SSSR count). The van der Waals surface area contributed by atoms with E-state index in [0.717, 1.165) is 44.2 Å². The van der Waals surface area contributed by atoms with E-state index in [9.17, 15) is 0 Å². The highest BCUT2D eigenvalue weighted by Gasteiger charge is 2.27. The fraction of sp³-hybridized carbons (Fsp3) is 0. The quantitative estimate of drug-likeness (QED) is 0.190. The van der Waals surface area contributed by atoms with Gasteiger partial charge < -0.3 is 4.57 Å². The average Bonchev–Trinajstić information content (AvgIpc) is 3.48. The van der Waals surface area contributed by atoms with E-state index in [1.807, 2.05) is 73.1 Å². The van der Waals surface area contributed by atoms with Crippen molar-refractivity contribution in [3.63, 3.8) is 0 Å². The van der Waals surface area contributed by atoms with E-state index in [-0.39, 0.29) is 0 Å². The van der Waals surface area contributed by atoms with Crippen LogP contribution in [0.2, 0.25) is 0 Å². The fourth-order valence-electron chi connectivity index (χ4n) is 8.07. The van der Waals surface area contributed by atoms with Crippen molar-refractivity contribution >= 4 is 43.4 Å². The molecule has 5 nitrogen and oxygen atoms in total. The third-order valence-electron chi connectivity index (χ3n) is 10.3. The first kappa shape index (κ1) is 27.9. The molecule has 0 saturated carbocycles. The van der Waals surface area contributed by atoms with Gasteiger partial charge in [0.15, 0.2) is 17.5 Å². The molecule has 51 heavy (non-hydrogen) atoms. The van der Waals surface area contributed by atoms with E-state index >= 15 is 0 Å². The van der Waals surface area contributed by atoms with Crippen LogP contribution in [0.5, 0.6) is 0 Å². The van der Waals surface area contributed by atoms with Crippen molar-refractivity contribution in [3.05, 3.63) is 164 Å². The van der Waals surface area contributed by atoms with Crippen molar-refractivity contribution in [3.8, 4) is 62.1 Å². The minimum atomic E-state index is 0.605. The maximum Gasteiger partial charge on any atom is 0.166 e. The molecule has 0 fully saturated rings. The molecule has 0 unspecified atom stereocenters. The van der Waals surface area contributed by atoms with E-state index in [1.54, 1.807) is 0 Å². The molecule has 3 heterocycles. The van der Waals surface area contributed by atoms with Gasteiger partial charge in [0.05, 0.1) is 16.7 Å². The van der Waals surface area contributed by atoms with Crippen molar-refractivity contribution in [2.45, 2.75) is 0 Å². The highest BCUT2D eigenvalue weighted by Crippen LogP contribution is 2.50. The Morgan fingerprint density at radius 2 is 0.961 bits per heavy atom. The van der Waals surface area contributed by atoms with E-state index < -0.39 is 0 Å². The van der Waals surface area contributed by atoms with Gasteiger partial charge in [0.25, 0.3) is 0 Å². The molecule has 0 aliphatic heterocycles. The predicted molar refractivity (Wildman–Crippen MR) is 208 cm³/mol. The standard InChI is InChI=1S/C46H27N5/c1-3-11-30(12-4-1)44-48-45(31-13-5-2-6-14-31)50-46(49-44)36-23-21-28-25-26-47-27-37(28)43(36)51-38-20-10-19-35-33-17-8-7-16-32(33)34-18-9-15-29-22-24-39(51)42(40(29)34)41(35)38/h1-27H. The highest BCUT2D eigenvalue weighted by atomic mass is 15.1. The van der Waals surface area contributed by atoms with Gasteiger partial charge in [-0.1, -0.05) is 127 Å². The summed E-state index contributed by atoms with van der Waals surface area (Å²) in [5.74, 6) is 1.86. The SMILES string of the molecule is c1ccc(-c2nc(-c3ccccc3)nc(-c3ccc4ccncc4c3-n3c4cccc5c4c4c6c(cccc6ccc43)-c3ccccc3-5)n2)cc1. The van der Waals surface area contributed by atoms with Crippen molar-refractivity contribution in [2.24, 2.45) is 0 Å². The second-order valence-corrected chi connectivity index (χ2v) is 13.0. The van der Waals surface area contributed by atoms with E-state index in [1.165, 1.54) is 43.8 Å². The van der Waals surface area contributed by atoms with Gasteiger partial charge >= 0.3 is 0 Å². The number of pyridine rings is 1. The summed E-state index contributed by atoms with van der Waals surface area (Å²) >= 11 is 0. The summed E-state index contributed by atoms with van der Waals surface area (Å²) in [7, 11) is 0. The van der Waals surface area contributed by atoms with Crippen LogP contribution in [0, 0.1) is 0 Å². The summed E-state index contributed by atoms with van der Waals surface area (Å²) < 4.78 is 2.42. The largest absolute Gasteiger partial charge is 0.308 e. The molecule has 7 aromatic carbocycles. The molecule has 1 aliphatic rings. The van der Waals surface area contributed by atoms with E-state index in [0.29, 0.717) is 17.5 Å². The van der Waals surface area contributed by atoms with Gasteiger partial charge in [0.1, 0.15) is 0 Å². The molecular formula is C46H27N5. The summed E-state index contributed by atoms with van der Waals surface area (Å²) in [6.07, 6.45) is 3.83. The normalized spacial score (nSPS) is 11.9. The molecule has 3 aromatic heterocycles. The molecule has 0 radical (unpaired) electrons. The molecule has 0 N–H and O–H groups in total. The van der Waals surface area contributed by atoms with Crippen LogP contribution in [0.15, 0.2) is 164 Å². The van der Waals surface area contributed by atoms with E-state index in [2.05, 4.69) is 101 Å². The first-order valence-electron chi connectivity index (χ1n) is 17.1. The summed E-state index contributed by atoms with van der Waals surface area (Å²) in [6.45, 7) is 0. The Morgan fingerprint density at radius 3 is 1.69 bits per heavy atom. The number of benzene rings is 7. The van der Waals surface area contributed by atoms with Crippen LogP contribution in [0.25, 0.3) is 105 Å². The topological polar surface area (TPSA) is 56.5 Å². The van der Waals surface area contributed by atoms with Crippen molar-refractivity contribution < 1.29 is 0 Å². The molecular weight excluding hydrogens is 623 g/mol. The first-order chi connectivity index (χ1) is 25.3. The summed E-state index contributed by atoms with van der Waals surface area (Å²) in [5, 5.41) is 7.11. The van der Waals surface area contributed by atoms with Crippen LogP contribution in [0.4, 0.5) is 0 Å². The number of hydrogen-bond acceptors (Lipinski definition) is 4. The molecule has 1 aliphatic carbocycles. The first-order valence-corrected chi connectivity index (χ1v) is 17.1. The molecule has 0 amide bonds. The maximum atomic E-state index is 5.20. The molecule has 0 saturated heterocycles. The second kappa shape index (κ2) is 10.8. The third kappa shape index (κ3) is 4.09. The predicted octanol–water partition coefficient (Wildman–Crippen LogP) is 11.3. The molecule has 236 valence electrons. The Hall–Kier alpha value is -6.98. The lowest BCUT2D eigenvalue weighted by Gasteiger charge is -2.18. The van der Waals surface area contributed by atoms with Crippen LogP contribution >= 0.6 is 0 Å². The second-order valence-electron chi connectivity index (χ2n) is 13.0. The van der Waals surface area contributed by atoms with Gasteiger partial charge in [-0.25, -0.2) is 15.0 Å². The zero-order valence-electron chi connectivity index (χ0n) is 27.3. The number of nitrogens with zero attached hydrogens (tertiary/aromatic N) is 5. The highest BCUT2D eigenvalue weighted by molar-refractivity contribution is 6.30. The van der Waals surface area contributed by atoms with Gasteiger partial charge in [-0.05, 0) is 62.7 Å². The lowest BCUT2D eigenvalue weighted by molar-refractivity contribution is 1.07. The number of rotatable bonds is 4. The summed E-state index contributed by atoms with van der Waals surface area (Å²) in [4.78, 5) is 20.1. The summed E-state index contributed by atoms with van der Waals surface area (Å²) in [6, 6.07) is 53.4. The molecule has 0 atom stereocenters. The smallest absolute Gasteiger partial charge is 0.166 e. The molecule has 0 spiro atoms. The third-order valence-corrected chi connectivity index (χ3v) is 10.3. The van der Waals surface area contributed by atoms with Gasteiger partial charge in [-0.3, -0.25) is 4.98 Å². The Morgan fingerprint density at radius 1 is 0.373 bits per heavy atom. The number of fused-ring (bicyclic) bond motifs is 4. The monoisotopic (exact) mass is 649 g/mol.